The third kappa shape index (κ3) is 2.70. The highest BCUT2D eigenvalue weighted by atomic mass is 16.1. The van der Waals surface area contributed by atoms with Gasteiger partial charge in [0.2, 0.25) is 0 Å². The first kappa shape index (κ1) is 11.3. The van der Waals surface area contributed by atoms with Gasteiger partial charge in [0.1, 0.15) is 0 Å². The maximum atomic E-state index is 11.5. The van der Waals surface area contributed by atoms with Crippen molar-refractivity contribution in [2.24, 2.45) is 11.7 Å². The van der Waals surface area contributed by atoms with E-state index in [2.05, 4.69) is 5.10 Å². The summed E-state index contributed by atoms with van der Waals surface area (Å²) in [5, 5.41) is 4.04. The summed E-state index contributed by atoms with van der Waals surface area (Å²) in [5.41, 5.74) is 6.09. The van der Waals surface area contributed by atoms with Gasteiger partial charge < -0.3 is 5.73 Å². The number of hydrogen-bond acceptors (Lipinski definition) is 3. The zero-order valence-electron chi connectivity index (χ0n) is 9.51. The molecule has 1 saturated carbocycles. The van der Waals surface area contributed by atoms with E-state index in [9.17, 15) is 4.79 Å². The molecule has 0 saturated heterocycles. The van der Waals surface area contributed by atoms with Crippen molar-refractivity contribution in [1.82, 2.24) is 9.78 Å². The van der Waals surface area contributed by atoms with E-state index in [0.29, 0.717) is 12.5 Å². The van der Waals surface area contributed by atoms with E-state index in [-0.39, 0.29) is 11.6 Å². The fourth-order valence-corrected chi connectivity index (χ4v) is 2.44. The lowest BCUT2D eigenvalue weighted by Crippen LogP contribution is -2.39. The number of nitrogens with zero attached hydrogens (tertiary/aromatic N) is 2. The Kier molecular flexibility index (Phi) is 3.72. The molecule has 1 aliphatic rings. The summed E-state index contributed by atoms with van der Waals surface area (Å²) in [6, 6.07) is 3.25. The molecule has 88 valence electrons. The highest BCUT2D eigenvalue weighted by Crippen LogP contribution is 2.25. The lowest BCUT2D eigenvalue weighted by atomic mass is 9.84. The minimum atomic E-state index is -0.0613. The van der Waals surface area contributed by atoms with Gasteiger partial charge in [-0.3, -0.25) is 4.79 Å². The Labute approximate surface area is 95.5 Å². The van der Waals surface area contributed by atoms with Crippen molar-refractivity contribution in [1.29, 1.82) is 0 Å². The maximum absolute atomic E-state index is 11.5. The zero-order chi connectivity index (χ0) is 11.4. The van der Waals surface area contributed by atoms with E-state index in [4.69, 9.17) is 5.73 Å². The molecule has 1 aromatic heterocycles. The summed E-state index contributed by atoms with van der Waals surface area (Å²) in [6.07, 6.45) is 7.90. The summed E-state index contributed by atoms with van der Waals surface area (Å²) < 4.78 is 1.47. The monoisotopic (exact) mass is 221 g/mol. The molecule has 0 aromatic carbocycles. The quantitative estimate of drug-likeness (QED) is 0.833. The predicted octanol–water partition coefficient (Wildman–Crippen LogP) is 1.15. The van der Waals surface area contributed by atoms with Crippen LogP contribution in [0.5, 0.6) is 0 Å². The normalized spacial score (nSPS) is 19.6. The Hall–Kier alpha value is -1.16. The van der Waals surface area contributed by atoms with Gasteiger partial charge in [0.05, 0.1) is 6.54 Å². The van der Waals surface area contributed by atoms with Crippen molar-refractivity contribution in [3.05, 3.63) is 28.7 Å². The number of rotatable bonds is 3. The van der Waals surface area contributed by atoms with Crippen LogP contribution in [0.1, 0.15) is 32.1 Å². The lowest BCUT2D eigenvalue weighted by Gasteiger charge is -2.27. The molecule has 1 aromatic rings. The Morgan fingerprint density at radius 1 is 1.44 bits per heavy atom. The van der Waals surface area contributed by atoms with Crippen LogP contribution in [0.2, 0.25) is 0 Å². The number of hydrogen-bond donors (Lipinski definition) is 1. The van der Waals surface area contributed by atoms with Crippen molar-refractivity contribution in [2.45, 2.75) is 44.7 Å². The maximum Gasteiger partial charge on any atom is 0.266 e. The standard InChI is InChI=1S/C12H19N3O/c13-11(10-5-2-1-3-6-10)9-15-12(16)7-4-8-14-15/h4,7-8,10-11H,1-3,5-6,9,13H2. The molecule has 2 rings (SSSR count). The molecule has 0 amide bonds. The average Bonchev–Trinajstić information content (AvgIpc) is 2.33. The minimum Gasteiger partial charge on any atom is -0.326 e. The van der Waals surface area contributed by atoms with Crippen LogP contribution in [0.4, 0.5) is 0 Å². The number of aromatic nitrogens is 2. The highest BCUT2D eigenvalue weighted by molar-refractivity contribution is 4.86. The summed E-state index contributed by atoms with van der Waals surface area (Å²) in [6.45, 7) is 0.546. The molecule has 0 spiro atoms. The van der Waals surface area contributed by atoms with Crippen LogP contribution in [0.15, 0.2) is 23.1 Å². The van der Waals surface area contributed by atoms with Gasteiger partial charge in [0.25, 0.3) is 5.56 Å². The van der Waals surface area contributed by atoms with Crippen LogP contribution in [0.25, 0.3) is 0 Å². The van der Waals surface area contributed by atoms with Crippen LogP contribution in [-0.4, -0.2) is 15.8 Å². The molecule has 1 unspecified atom stereocenters. The first-order valence-corrected chi connectivity index (χ1v) is 6.05. The first-order valence-electron chi connectivity index (χ1n) is 6.05. The zero-order valence-corrected chi connectivity index (χ0v) is 9.51. The van der Waals surface area contributed by atoms with E-state index in [0.717, 1.165) is 0 Å². The largest absolute Gasteiger partial charge is 0.326 e. The van der Waals surface area contributed by atoms with E-state index in [1.807, 2.05) is 0 Å². The molecule has 4 nitrogen and oxygen atoms in total. The van der Waals surface area contributed by atoms with Crippen molar-refractivity contribution in [2.75, 3.05) is 0 Å². The second-order valence-corrected chi connectivity index (χ2v) is 4.61. The Balaban J connectivity index is 1.98. The molecular weight excluding hydrogens is 202 g/mol. The van der Waals surface area contributed by atoms with E-state index >= 15 is 0 Å². The third-order valence-electron chi connectivity index (χ3n) is 3.42. The molecule has 1 aliphatic carbocycles. The van der Waals surface area contributed by atoms with Gasteiger partial charge in [-0.15, -0.1) is 0 Å². The predicted molar refractivity (Wildman–Crippen MR) is 63.0 cm³/mol. The molecule has 4 heteroatoms. The van der Waals surface area contributed by atoms with E-state index in [1.165, 1.54) is 42.9 Å². The Morgan fingerprint density at radius 3 is 2.88 bits per heavy atom. The van der Waals surface area contributed by atoms with Crippen molar-refractivity contribution < 1.29 is 0 Å². The highest BCUT2D eigenvalue weighted by Gasteiger charge is 2.21. The SMILES string of the molecule is NC(Cn1ncccc1=O)C1CCCCC1. The molecule has 1 fully saturated rings. The minimum absolute atomic E-state index is 0.0613. The molecular formula is C12H19N3O. The number of nitrogens with two attached hydrogens (primary N) is 1. The van der Waals surface area contributed by atoms with Gasteiger partial charge in [0.15, 0.2) is 0 Å². The van der Waals surface area contributed by atoms with Crippen LogP contribution in [-0.2, 0) is 6.54 Å². The topological polar surface area (TPSA) is 60.9 Å². The van der Waals surface area contributed by atoms with Gasteiger partial charge in [0, 0.05) is 18.3 Å². The fourth-order valence-electron chi connectivity index (χ4n) is 2.44. The van der Waals surface area contributed by atoms with Crippen LogP contribution in [0, 0.1) is 5.92 Å². The average molecular weight is 221 g/mol. The summed E-state index contributed by atoms with van der Waals surface area (Å²) in [5.74, 6) is 0.558. The fraction of sp³-hybridized carbons (Fsp3) is 0.667. The Bertz CT molecular complexity index is 382. The van der Waals surface area contributed by atoms with Crippen LogP contribution >= 0.6 is 0 Å². The molecule has 2 N–H and O–H groups in total. The third-order valence-corrected chi connectivity index (χ3v) is 3.42. The molecule has 0 radical (unpaired) electrons. The first-order chi connectivity index (χ1) is 7.77. The van der Waals surface area contributed by atoms with Gasteiger partial charge in [-0.25, -0.2) is 4.68 Å². The van der Waals surface area contributed by atoms with E-state index < -0.39 is 0 Å². The smallest absolute Gasteiger partial charge is 0.266 e. The van der Waals surface area contributed by atoms with Crippen molar-refractivity contribution in [3.8, 4) is 0 Å². The van der Waals surface area contributed by atoms with Crippen molar-refractivity contribution >= 4 is 0 Å². The molecule has 16 heavy (non-hydrogen) atoms. The van der Waals surface area contributed by atoms with Crippen LogP contribution < -0.4 is 11.3 Å². The Morgan fingerprint density at radius 2 is 2.19 bits per heavy atom. The van der Waals surface area contributed by atoms with Gasteiger partial charge in [-0.1, -0.05) is 19.3 Å². The summed E-state index contributed by atoms with van der Waals surface area (Å²) in [4.78, 5) is 11.5. The van der Waals surface area contributed by atoms with Crippen LogP contribution in [0.3, 0.4) is 0 Å². The molecule has 0 aliphatic heterocycles. The summed E-state index contributed by atoms with van der Waals surface area (Å²) in [7, 11) is 0. The van der Waals surface area contributed by atoms with Gasteiger partial charge >= 0.3 is 0 Å². The second-order valence-electron chi connectivity index (χ2n) is 4.61. The van der Waals surface area contributed by atoms with Gasteiger partial charge in [-0.2, -0.15) is 5.10 Å². The molecule has 1 atom stereocenters. The van der Waals surface area contributed by atoms with Crippen molar-refractivity contribution in [3.63, 3.8) is 0 Å². The second kappa shape index (κ2) is 5.25. The van der Waals surface area contributed by atoms with E-state index in [1.54, 1.807) is 12.3 Å². The van der Waals surface area contributed by atoms with Gasteiger partial charge in [-0.05, 0) is 24.8 Å². The molecule has 1 heterocycles. The summed E-state index contributed by atoms with van der Waals surface area (Å²) >= 11 is 0. The lowest BCUT2D eigenvalue weighted by molar-refractivity contribution is 0.277. The molecule has 0 bridgehead atoms.